The molecule has 1 aromatic carbocycles. The number of allylic oxidation sites excluding steroid dienone is 1. The number of thiazole rings is 1. The summed E-state index contributed by atoms with van der Waals surface area (Å²) >= 11 is 1.74. The molecule has 0 unspecified atom stereocenters. The van der Waals surface area contributed by atoms with Gasteiger partial charge in [-0.2, -0.15) is 0 Å². The summed E-state index contributed by atoms with van der Waals surface area (Å²) in [5.41, 5.74) is 8.61. The van der Waals surface area contributed by atoms with E-state index in [0.717, 1.165) is 16.3 Å². The van der Waals surface area contributed by atoms with Crippen LogP contribution in [0.1, 0.15) is 55.5 Å². The zero-order valence-electron chi connectivity index (χ0n) is 15.9. The van der Waals surface area contributed by atoms with Crippen molar-refractivity contribution in [3.05, 3.63) is 59.1 Å². The zero-order chi connectivity index (χ0) is 18.3. The molecule has 26 heavy (non-hydrogen) atoms. The third-order valence-corrected chi connectivity index (χ3v) is 6.46. The van der Waals surface area contributed by atoms with Crippen LogP contribution in [0.5, 0.6) is 0 Å². The summed E-state index contributed by atoms with van der Waals surface area (Å²) < 4.78 is 2.54. The van der Waals surface area contributed by atoms with Gasteiger partial charge >= 0.3 is 0 Å². The standard InChI is InChI=1S/C23H26N2S/c1-15(2)20-13-22(25(17(20)4)18-10-6-7-11-18)21-14-26-23(24-21)19-12-8-5-9-16(19)3/h5,8-9,12-14,18H,1,6-7,10-11H2,2-4H3. The monoisotopic (exact) mass is 362 g/mol. The molecule has 134 valence electrons. The first-order chi connectivity index (χ1) is 12.6. The van der Waals surface area contributed by atoms with Gasteiger partial charge in [-0.05, 0) is 56.4 Å². The van der Waals surface area contributed by atoms with Crippen LogP contribution in [0.15, 0.2) is 42.3 Å². The van der Waals surface area contributed by atoms with Gasteiger partial charge in [-0.1, -0.05) is 43.7 Å². The molecule has 3 heteroatoms. The van der Waals surface area contributed by atoms with Crippen LogP contribution in [-0.2, 0) is 0 Å². The van der Waals surface area contributed by atoms with E-state index in [1.54, 1.807) is 11.3 Å². The van der Waals surface area contributed by atoms with E-state index in [2.05, 4.69) is 67.6 Å². The maximum atomic E-state index is 5.03. The average Bonchev–Trinajstić information content (AvgIpc) is 3.33. The molecule has 4 rings (SSSR count). The quantitative estimate of drug-likeness (QED) is 0.486. The first kappa shape index (κ1) is 17.3. The zero-order valence-corrected chi connectivity index (χ0v) is 16.7. The SMILES string of the molecule is C=C(C)c1cc(-c2csc(-c3ccccc3C)n2)n(C2CCCC2)c1C. The van der Waals surface area contributed by atoms with E-state index in [0.29, 0.717) is 6.04 Å². The number of nitrogens with zero attached hydrogens (tertiary/aromatic N) is 2. The minimum Gasteiger partial charge on any atom is -0.340 e. The van der Waals surface area contributed by atoms with Crippen LogP contribution in [0, 0.1) is 13.8 Å². The Morgan fingerprint density at radius 3 is 2.62 bits per heavy atom. The summed E-state index contributed by atoms with van der Waals surface area (Å²) in [6.07, 6.45) is 5.20. The maximum absolute atomic E-state index is 5.03. The highest BCUT2D eigenvalue weighted by Gasteiger charge is 2.24. The summed E-state index contributed by atoms with van der Waals surface area (Å²) in [7, 11) is 0. The molecule has 2 nitrogen and oxygen atoms in total. The number of rotatable bonds is 4. The Bertz CT molecular complexity index is 955. The predicted octanol–water partition coefficient (Wildman–Crippen LogP) is 7.04. The molecule has 0 amide bonds. The Hall–Kier alpha value is -2.13. The molecule has 2 heterocycles. The first-order valence-electron chi connectivity index (χ1n) is 9.46. The van der Waals surface area contributed by atoms with Crippen LogP contribution in [0.25, 0.3) is 27.5 Å². The third-order valence-electron chi connectivity index (χ3n) is 5.58. The van der Waals surface area contributed by atoms with Crippen molar-refractivity contribution < 1.29 is 0 Å². The average molecular weight is 363 g/mol. The molecule has 0 saturated heterocycles. The van der Waals surface area contributed by atoms with Crippen molar-refractivity contribution in [2.24, 2.45) is 0 Å². The molecule has 2 aromatic heterocycles. The number of benzene rings is 1. The number of hydrogen-bond acceptors (Lipinski definition) is 2. The lowest BCUT2D eigenvalue weighted by Gasteiger charge is -2.18. The van der Waals surface area contributed by atoms with Crippen LogP contribution in [0.2, 0.25) is 0 Å². The largest absolute Gasteiger partial charge is 0.340 e. The van der Waals surface area contributed by atoms with Crippen molar-refractivity contribution >= 4 is 16.9 Å². The fraction of sp³-hybridized carbons (Fsp3) is 0.348. The van der Waals surface area contributed by atoms with Gasteiger partial charge in [0.15, 0.2) is 0 Å². The normalized spacial score (nSPS) is 14.9. The summed E-state index contributed by atoms with van der Waals surface area (Å²) in [6.45, 7) is 10.7. The molecular weight excluding hydrogens is 336 g/mol. The van der Waals surface area contributed by atoms with Crippen LogP contribution in [-0.4, -0.2) is 9.55 Å². The molecule has 1 aliphatic rings. The fourth-order valence-electron chi connectivity index (χ4n) is 4.21. The molecule has 0 radical (unpaired) electrons. The Labute approximate surface area is 160 Å². The minimum atomic E-state index is 0.599. The Morgan fingerprint density at radius 1 is 1.19 bits per heavy atom. The lowest BCUT2D eigenvalue weighted by atomic mass is 10.1. The van der Waals surface area contributed by atoms with Gasteiger partial charge in [0.2, 0.25) is 0 Å². The van der Waals surface area contributed by atoms with Gasteiger partial charge in [0.25, 0.3) is 0 Å². The van der Waals surface area contributed by atoms with E-state index in [9.17, 15) is 0 Å². The summed E-state index contributed by atoms with van der Waals surface area (Å²) in [4.78, 5) is 5.03. The van der Waals surface area contributed by atoms with Crippen LogP contribution in [0.3, 0.4) is 0 Å². The molecule has 0 spiro atoms. The second kappa shape index (κ2) is 6.88. The highest BCUT2D eigenvalue weighted by atomic mass is 32.1. The van der Waals surface area contributed by atoms with E-state index < -0.39 is 0 Å². The molecule has 1 aliphatic carbocycles. The molecule has 0 aliphatic heterocycles. The van der Waals surface area contributed by atoms with Gasteiger partial charge < -0.3 is 4.57 Å². The van der Waals surface area contributed by atoms with E-state index >= 15 is 0 Å². The number of aromatic nitrogens is 2. The van der Waals surface area contributed by atoms with E-state index in [4.69, 9.17) is 4.98 Å². The summed E-state index contributed by atoms with van der Waals surface area (Å²) in [6, 6.07) is 11.4. The van der Waals surface area contributed by atoms with Gasteiger partial charge in [0.1, 0.15) is 5.01 Å². The van der Waals surface area contributed by atoms with Crippen LogP contribution in [0.4, 0.5) is 0 Å². The second-order valence-electron chi connectivity index (χ2n) is 7.47. The Morgan fingerprint density at radius 2 is 1.92 bits per heavy atom. The fourth-order valence-corrected chi connectivity index (χ4v) is 5.12. The molecule has 3 aromatic rings. The van der Waals surface area contributed by atoms with Crippen molar-refractivity contribution in [1.82, 2.24) is 9.55 Å². The summed E-state index contributed by atoms with van der Waals surface area (Å²) in [5, 5.41) is 3.32. The van der Waals surface area contributed by atoms with E-state index in [1.807, 2.05) is 0 Å². The number of aryl methyl sites for hydroxylation is 1. The van der Waals surface area contributed by atoms with Crippen molar-refractivity contribution in [2.75, 3.05) is 0 Å². The Kier molecular flexibility index (Phi) is 4.58. The molecular formula is C23H26N2S. The van der Waals surface area contributed by atoms with Gasteiger partial charge in [-0.3, -0.25) is 0 Å². The molecule has 0 bridgehead atoms. The minimum absolute atomic E-state index is 0.599. The first-order valence-corrected chi connectivity index (χ1v) is 10.3. The highest BCUT2D eigenvalue weighted by molar-refractivity contribution is 7.13. The van der Waals surface area contributed by atoms with Gasteiger partial charge in [0.05, 0.1) is 11.4 Å². The smallest absolute Gasteiger partial charge is 0.124 e. The topological polar surface area (TPSA) is 17.8 Å². The molecule has 1 saturated carbocycles. The molecule has 0 atom stereocenters. The summed E-state index contributed by atoms with van der Waals surface area (Å²) in [5.74, 6) is 0. The van der Waals surface area contributed by atoms with Gasteiger partial charge in [-0.25, -0.2) is 4.98 Å². The van der Waals surface area contributed by atoms with Crippen LogP contribution >= 0.6 is 11.3 Å². The van der Waals surface area contributed by atoms with Crippen molar-refractivity contribution in [3.63, 3.8) is 0 Å². The number of hydrogen-bond donors (Lipinski definition) is 0. The lowest BCUT2D eigenvalue weighted by molar-refractivity contribution is 0.514. The van der Waals surface area contributed by atoms with E-state index in [1.165, 1.54) is 53.8 Å². The predicted molar refractivity (Wildman–Crippen MR) is 113 cm³/mol. The molecule has 1 fully saturated rings. The van der Waals surface area contributed by atoms with Crippen molar-refractivity contribution in [2.45, 2.75) is 52.5 Å². The van der Waals surface area contributed by atoms with E-state index in [-0.39, 0.29) is 0 Å². The lowest BCUT2D eigenvalue weighted by Crippen LogP contribution is -2.08. The Balaban J connectivity index is 1.82. The maximum Gasteiger partial charge on any atom is 0.124 e. The van der Waals surface area contributed by atoms with Crippen LogP contribution < -0.4 is 0 Å². The van der Waals surface area contributed by atoms with Crippen molar-refractivity contribution in [3.8, 4) is 22.0 Å². The van der Waals surface area contributed by atoms with Gasteiger partial charge in [-0.15, -0.1) is 11.3 Å². The third kappa shape index (κ3) is 2.95. The highest BCUT2D eigenvalue weighted by Crippen LogP contribution is 2.39. The van der Waals surface area contributed by atoms with Crippen molar-refractivity contribution in [1.29, 1.82) is 0 Å². The molecule has 0 N–H and O–H groups in total. The van der Waals surface area contributed by atoms with Gasteiger partial charge in [0, 0.05) is 22.7 Å². The second-order valence-corrected chi connectivity index (χ2v) is 8.33.